The summed E-state index contributed by atoms with van der Waals surface area (Å²) in [5, 5.41) is 0. The van der Waals surface area contributed by atoms with Crippen LogP contribution in [0.2, 0.25) is 0 Å². The van der Waals surface area contributed by atoms with Gasteiger partial charge in [0.05, 0.1) is 12.5 Å². The molecule has 2 heterocycles. The van der Waals surface area contributed by atoms with Crippen molar-refractivity contribution in [2.75, 3.05) is 13.2 Å². The molecular formula is C11H16O6. The maximum atomic E-state index is 11.0. The smallest absolute Gasteiger partial charge is 0.303 e. The maximum absolute atomic E-state index is 11.0. The molecule has 0 aromatic carbocycles. The zero-order chi connectivity index (χ0) is 12.4. The Kier molecular flexibility index (Phi) is 3.63. The van der Waals surface area contributed by atoms with Gasteiger partial charge in [0.15, 0.2) is 6.29 Å². The van der Waals surface area contributed by atoms with E-state index in [1.165, 1.54) is 13.8 Å². The monoisotopic (exact) mass is 244 g/mol. The summed E-state index contributed by atoms with van der Waals surface area (Å²) in [6, 6.07) is 0. The number of ether oxygens (including phenoxy) is 4. The van der Waals surface area contributed by atoms with Crippen molar-refractivity contribution in [1.29, 1.82) is 0 Å². The summed E-state index contributed by atoms with van der Waals surface area (Å²) in [5.74, 6) is -0.702. The number of esters is 2. The van der Waals surface area contributed by atoms with Crippen LogP contribution in [0.1, 0.15) is 20.3 Å². The van der Waals surface area contributed by atoms with Crippen LogP contribution in [0.25, 0.3) is 0 Å². The van der Waals surface area contributed by atoms with Crippen molar-refractivity contribution >= 4 is 11.9 Å². The summed E-state index contributed by atoms with van der Waals surface area (Å²) < 4.78 is 21.1. The van der Waals surface area contributed by atoms with E-state index >= 15 is 0 Å². The van der Waals surface area contributed by atoms with Gasteiger partial charge in [-0.1, -0.05) is 0 Å². The van der Waals surface area contributed by atoms with Crippen LogP contribution in [0.5, 0.6) is 0 Å². The fourth-order valence-corrected chi connectivity index (χ4v) is 2.25. The highest BCUT2D eigenvalue weighted by Crippen LogP contribution is 2.37. The molecule has 6 nitrogen and oxygen atoms in total. The van der Waals surface area contributed by atoms with Crippen LogP contribution in [0.15, 0.2) is 0 Å². The summed E-state index contributed by atoms with van der Waals surface area (Å²) in [4.78, 5) is 21.8. The fourth-order valence-electron chi connectivity index (χ4n) is 2.25. The lowest BCUT2D eigenvalue weighted by Crippen LogP contribution is -2.35. The Morgan fingerprint density at radius 3 is 2.71 bits per heavy atom. The molecule has 0 aromatic rings. The van der Waals surface area contributed by atoms with E-state index in [4.69, 9.17) is 18.9 Å². The van der Waals surface area contributed by atoms with Gasteiger partial charge in [0.2, 0.25) is 0 Å². The van der Waals surface area contributed by atoms with E-state index in [0.717, 1.165) is 6.42 Å². The van der Waals surface area contributed by atoms with Crippen LogP contribution < -0.4 is 0 Å². The summed E-state index contributed by atoms with van der Waals surface area (Å²) >= 11 is 0. The van der Waals surface area contributed by atoms with E-state index in [0.29, 0.717) is 6.61 Å². The van der Waals surface area contributed by atoms with Crippen LogP contribution in [-0.2, 0) is 28.5 Å². The van der Waals surface area contributed by atoms with Gasteiger partial charge in [-0.05, 0) is 6.42 Å². The molecule has 17 heavy (non-hydrogen) atoms. The van der Waals surface area contributed by atoms with Gasteiger partial charge < -0.3 is 18.9 Å². The van der Waals surface area contributed by atoms with E-state index in [9.17, 15) is 9.59 Å². The van der Waals surface area contributed by atoms with Crippen LogP contribution in [0.4, 0.5) is 0 Å². The van der Waals surface area contributed by atoms with Gasteiger partial charge in [-0.2, -0.15) is 0 Å². The summed E-state index contributed by atoms with van der Waals surface area (Å²) in [6.45, 7) is 3.37. The Morgan fingerprint density at radius 2 is 2.06 bits per heavy atom. The molecule has 2 aliphatic rings. The molecule has 0 N–H and O–H groups in total. The lowest BCUT2D eigenvalue weighted by Gasteiger charge is -2.20. The van der Waals surface area contributed by atoms with Crippen molar-refractivity contribution in [3.63, 3.8) is 0 Å². The average Bonchev–Trinajstić information content (AvgIpc) is 2.77. The third-order valence-electron chi connectivity index (χ3n) is 2.93. The molecule has 0 radical (unpaired) electrons. The SMILES string of the molecule is CC(=O)OC[C@H]1O[C@@H]2OCC[C@@H]2[C@@H]1OC(C)=O. The van der Waals surface area contributed by atoms with Crippen molar-refractivity contribution in [2.45, 2.75) is 38.8 Å². The number of hydrogen-bond acceptors (Lipinski definition) is 6. The molecule has 0 unspecified atom stereocenters. The Bertz CT molecular complexity index is 315. The van der Waals surface area contributed by atoms with Gasteiger partial charge in [-0.3, -0.25) is 9.59 Å². The predicted octanol–water partition coefficient (Wildman–Crippen LogP) is 0.243. The summed E-state index contributed by atoms with van der Waals surface area (Å²) in [7, 11) is 0. The van der Waals surface area contributed by atoms with Gasteiger partial charge >= 0.3 is 11.9 Å². The largest absolute Gasteiger partial charge is 0.463 e. The first kappa shape index (κ1) is 12.3. The van der Waals surface area contributed by atoms with Crippen molar-refractivity contribution in [2.24, 2.45) is 5.92 Å². The highest BCUT2D eigenvalue weighted by atomic mass is 16.7. The molecule has 2 saturated heterocycles. The predicted molar refractivity (Wildman–Crippen MR) is 54.9 cm³/mol. The third-order valence-corrected chi connectivity index (χ3v) is 2.93. The molecule has 0 aliphatic carbocycles. The lowest BCUT2D eigenvalue weighted by atomic mass is 9.99. The molecule has 0 amide bonds. The Labute approximate surface area is 99.2 Å². The second-order valence-electron chi connectivity index (χ2n) is 4.24. The summed E-state index contributed by atoms with van der Waals surface area (Å²) in [6.07, 6.45) is -0.378. The molecule has 6 heteroatoms. The van der Waals surface area contributed by atoms with Gasteiger partial charge in [0, 0.05) is 13.8 Å². The Morgan fingerprint density at radius 1 is 1.29 bits per heavy atom. The molecule has 2 fully saturated rings. The Hall–Kier alpha value is -1.14. The molecule has 2 rings (SSSR count). The number of hydrogen-bond donors (Lipinski definition) is 0. The molecule has 0 spiro atoms. The molecule has 2 aliphatic heterocycles. The van der Waals surface area contributed by atoms with Crippen molar-refractivity contribution in [3.05, 3.63) is 0 Å². The zero-order valence-electron chi connectivity index (χ0n) is 9.88. The maximum Gasteiger partial charge on any atom is 0.303 e. The lowest BCUT2D eigenvalue weighted by molar-refractivity contribution is -0.163. The van der Waals surface area contributed by atoms with Crippen LogP contribution in [0.3, 0.4) is 0 Å². The van der Waals surface area contributed by atoms with E-state index in [2.05, 4.69) is 0 Å². The van der Waals surface area contributed by atoms with Crippen molar-refractivity contribution in [3.8, 4) is 0 Å². The van der Waals surface area contributed by atoms with Gasteiger partial charge in [0.25, 0.3) is 0 Å². The molecule has 4 atom stereocenters. The van der Waals surface area contributed by atoms with Gasteiger partial charge in [0.1, 0.15) is 18.8 Å². The quantitative estimate of drug-likeness (QED) is 0.662. The normalized spacial score (nSPS) is 35.4. The standard InChI is InChI=1S/C11H16O6/c1-6(12)15-5-9-10(16-7(2)13)8-3-4-14-11(8)17-9/h8-11H,3-5H2,1-2H3/t8-,9-,10+,11+/m1/s1. The van der Waals surface area contributed by atoms with Crippen molar-refractivity contribution < 1.29 is 28.5 Å². The fraction of sp³-hybridized carbons (Fsp3) is 0.818. The van der Waals surface area contributed by atoms with Gasteiger partial charge in [-0.15, -0.1) is 0 Å². The van der Waals surface area contributed by atoms with Crippen molar-refractivity contribution in [1.82, 2.24) is 0 Å². The number of carbonyl (C=O) groups excluding carboxylic acids is 2. The van der Waals surface area contributed by atoms with E-state index < -0.39 is 6.10 Å². The summed E-state index contributed by atoms with van der Waals surface area (Å²) in [5.41, 5.74) is 0. The highest BCUT2D eigenvalue weighted by Gasteiger charge is 2.50. The number of fused-ring (bicyclic) bond motifs is 1. The Balaban J connectivity index is 1.98. The first-order chi connectivity index (χ1) is 8.08. The molecule has 0 aromatic heterocycles. The second kappa shape index (κ2) is 5.01. The second-order valence-corrected chi connectivity index (χ2v) is 4.24. The van der Waals surface area contributed by atoms with Crippen LogP contribution in [-0.4, -0.2) is 43.7 Å². The van der Waals surface area contributed by atoms with Gasteiger partial charge in [-0.25, -0.2) is 0 Å². The van der Waals surface area contributed by atoms with E-state index in [1.54, 1.807) is 0 Å². The van der Waals surface area contributed by atoms with Crippen LogP contribution >= 0.6 is 0 Å². The number of rotatable bonds is 3. The third kappa shape index (κ3) is 2.76. The van der Waals surface area contributed by atoms with E-state index in [-0.39, 0.29) is 36.9 Å². The minimum atomic E-state index is -0.432. The topological polar surface area (TPSA) is 71.1 Å². The van der Waals surface area contributed by atoms with E-state index in [1.807, 2.05) is 0 Å². The first-order valence-corrected chi connectivity index (χ1v) is 5.65. The molecule has 96 valence electrons. The minimum absolute atomic E-state index is 0.0412. The number of carbonyl (C=O) groups is 2. The molecule has 0 saturated carbocycles. The minimum Gasteiger partial charge on any atom is -0.463 e. The molecular weight excluding hydrogens is 228 g/mol. The van der Waals surface area contributed by atoms with Crippen LogP contribution in [0, 0.1) is 5.92 Å². The highest BCUT2D eigenvalue weighted by molar-refractivity contribution is 5.66. The molecule has 0 bridgehead atoms. The average molecular weight is 244 g/mol. The first-order valence-electron chi connectivity index (χ1n) is 5.65. The zero-order valence-corrected chi connectivity index (χ0v) is 9.88.